The maximum Gasteiger partial charge on any atom is 0.573 e. The van der Waals surface area contributed by atoms with E-state index < -0.39 is 18.0 Å². The van der Waals surface area contributed by atoms with Crippen molar-refractivity contribution in [2.24, 2.45) is 7.05 Å². The highest BCUT2D eigenvalue weighted by molar-refractivity contribution is 5.90. The van der Waals surface area contributed by atoms with Crippen molar-refractivity contribution in [2.45, 2.75) is 33.1 Å². The van der Waals surface area contributed by atoms with E-state index in [1.807, 2.05) is 31.2 Å². The molecule has 2 aromatic carbocycles. The number of halogens is 3. The smallest absolute Gasteiger partial charge is 0.406 e. The van der Waals surface area contributed by atoms with Crippen molar-refractivity contribution in [3.63, 3.8) is 0 Å². The van der Waals surface area contributed by atoms with E-state index in [0.717, 1.165) is 23.4 Å². The minimum absolute atomic E-state index is 0.0420. The second-order valence-corrected chi connectivity index (χ2v) is 8.05. The molecule has 11 heteroatoms. The van der Waals surface area contributed by atoms with Gasteiger partial charge in [-0.1, -0.05) is 17.7 Å². The number of ether oxygens (including phenoxy) is 1. The molecule has 1 amide bonds. The molecule has 4 aromatic rings. The number of carbonyl (C=O) groups is 1. The summed E-state index contributed by atoms with van der Waals surface area (Å²) in [5, 5.41) is 7.13. The van der Waals surface area contributed by atoms with E-state index in [1.165, 1.54) is 16.7 Å². The number of nitrogens with one attached hydrogen (secondary N) is 1. The van der Waals surface area contributed by atoms with Gasteiger partial charge in [-0.15, -0.1) is 13.2 Å². The molecule has 0 radical (unpaired) electrons. The lowest BCUT2D eigenvalue weighted by atomic mass is 10.2. The monoisotopic (exact) mass is 485 g/mol. The van der Waals surface area contributed by atoms with Crippen LogP contribution in [0.3, 0.4) is 0 Å². The Morgan fingerprint density at radius 1 is 1.06 bits per heavy atom. The molecule has 1 N–H and O–H groups in total. The molecule has 0 aliphatic heterocycles. The first-order valence-electron chi connectivity index (χ1n) is 10.7. The van der Waals surface area contributed by atoms with E-state index in [4.69, 9.17) is 0 Å². The fraction of sp³-hybridized carbons (Fsp3) is 0.250. The minimum atomic E-state index is -4.79. The lowest BCUT2D eigenvalue weighted by molar-refractivity contribution is -0.274. The molecule has 2 aromatic heterocycles. The topological polar surface area (TPSA) is 91.0 Å². The summed E-state index contributed by atoms with van der Waals surface area (Å²) in [5.74, 6) is -0.802. The first kappa shape index (κ1) is 24.0. The standard InChI is InChI=1S/C24H22F3N5O3/c1-14-4-8-17(9-5-14)32-22-21(15(2)30-32)29-19(23(34)31(22)3)12-13-20(33)28-16-6-10-18(11-7-16)35-24(25,26)27/h4-11H,12-13H2,1-3H3,(H,28,33). The summed E-state index contributed by atoms with van der Waals surface area (Å²) in [6.07, 6.45) is -4.75. The van der Waals surface area contributed by atoms with Gasteiger partial charge in [0.2, 0.25) is 5.91 Å². The third kappa shape index (κ3) is 5.34. The number of fused-ring (bicyclic) bond motifs is 1. The zero-order chi connectivity index (χ0) is 25.3. The van der Waals surface area contributed by atoms with Crippen molar-refractivity contribution in [1.29, 1.82) is 0 Å². The van der Waals surface area contributed by atoms with Crippen LogP contribution in [0.1, 0.15) is 23.4 Å². The molecule has 0 unspecified atom stereocenters. The summed E-state index contributed by atoms with van der Waals surface area (Å²) in [4.78, 5) is 29.8. The average molecular weight is 485 g/mol. The molecule has 0 spiro atoms. The molecular formula is C24H22F3N5O3. The molecule has 0 atom stereocenters. The molecule has 0 aliphatic rings. The number of aryl methyl sites for hydroxylation is 4. The summed E-state index contributed by atoms with van der Waals surface area (Å²) in [6, 6.07) is 12.5. The van der Waals surface area contributed by atoms with Gasteiger partial charge in [0, 0.05) is 25.6 Å². The zero-order valence-electron chi connectivity index (χ0n) is 19.2. The van der Waals surface area contributed by atoms with Gasteiger partial charge in [0.15, 0.2) is 5.65 Å². The van der Waals surface area contributed by atoms with Crippen molar-refractivity contribution < 1.29 is 22.7 Å². The zero-order valence-corrected chi connectivity index (χ0v) is 19.2. The highest BCUT2D eigenvalue weighted by Crippen LogP contribution is 2.24. The van der Waals surface area contributed by atoms with Crippen molar-refractivity contribution in [1.82, 2.24) is 19.3 Å². The molecule has 4 rings (SSSR count). The van der Waals surface area contributed by atoms with Crippen LogP contribution in [0.5, 0.6) is 5.75 Å². The lowest BCUT2D eigenvalue weighted by Gasteiger charge is -2.10. The highest BCUT2D eigenvalue weighted by atomic mass is 19.4. The number of amides is 1. The minimum Gasteiger partial charge on any atom is -0.406 e. The number of carbonyl (C=O) groups excluding carboxylic acids is 1. The van der Waals surface area contributed by atoms with Gasteiger partial charge in [-0.2, -0.15) is 5.10 Å². The fourth-order valence-corrected chi connectivity index (χ4v) is 3.64. The lowest BCUT2D eigenvalue weighted by Crippen LogP contribution is -2.25. The van der Waals surface area contributed by atoms with E-state index in [-0.39, 0.29) is 24.1 Å². The van der Waals surface area contributed by atoms with Gasteiger partial charge in [-0.25, -0.2) is 9.67 Å². The Morgan fingerprint density at radius 3 is 2.34 bits per heavy atom. The van der Waals surface area contributed by atoms with Crippen LogP contribution >= 0.6 is 0 Å². The number of aromatic nitrogens is 4. The normalized spacial score (nSPS) is 11.6. The van der Waals surface area contributed by atoms with Gasteiger partial charge in [0.25, 0.3) is 5.56 Å². The fourth-order valence-electron chi connectivity index (χ4n) is 3.64. The first-order valence-corrected chi connectivity index (χ1v) is 10.7. The third-order valence-corrected chi connectivity index (χ3v) is 5.36. The summed E-state index contributed by atoms with van der Waals surface area (Å²) in [7, 11) is 1.63. The quantitative estimate of drug-likeness (QED) is 0.442. The van der Waals surface area contributed by atoms with Crippen LogP contribution in [0.2, 0.25) is 0 Å². The van der Waals surface area contributed by atoms with E-state index in [2.05, 4.69) is 20.1 Å². The molecule has 0 saturated carbocycles. The highest BCUT2D eigenvalue weighted by Gasteiger charge is 2.31. The van der Waals surface area contributed by atoms with Crippen LogP contribution in [0, 0.1) is 13.8 Å². The molecule has 2 heterocycles. The number of alkyl halides is 3. The predicted molar refractivity (Wildman–Crippen MR) is 124 cm³/mol. The molecule has 0 saturated heterocycles. The molecule has 0 bridgehead atoms. The Kier molecular flexibility index (Phi) is 6.33. The van der Waals surface area contributed by atoms with Crippen LogP contribution in [-0.2, 0) is 18.3 Å². The van der Waals surface area contributed by atoms with E-state index in [9.17, 15) is 22.8 Å². The van der Waals surface area contributed by atoms with Gasteiger partial charge in [0.1, 0.15) is 17.0 Å². The summed E-state index contributed by atoms with van der Waals surface area (Å²) < 4.78 is 43.7. The van der Waals surface area contributed by atoms with Gasteiger partial charge < -0.3 is 10.1 Å². The van der Waals surface area contributed by atoms with Crippen LogP contribution in [0.25, 0.3) is 16.9 Å². The molecule has 0 aliphatic carbocycles. The largest absolute Gasteiger partial charge is 0.573 e. The van der Waals surface area contributed by atoms with Gasteiger partial charge in [-0.3, -0.25) is 14.2 Å². The molecule has 0 fully saturated rings. The average Bonchev–Trinajstić information content (AvgIpc) is 3.12. The Hall–Kier alpha value is -4.15. The Bertz CT molecular complexity index is 1440. The Labute approximate surface area is 198 Å². The SMILES string of the molecule is Cc1ccc(-n2nc(C)c3nc(CCC(=O)Nc4ccc(OC(F)(F)F)cc4)c(=O)n(C)c32)cc1. The van der Waals surface area contributed by atoms with Gasteiger partial charge in [0.05, 0.1) is 11.4 Å². The van der Waals surface area contributed by atoms with Gasteiger partial charge >= 0.3 is 6.36 Å². The summed E-state index contributed by atoms with van der Waals surface area (Å²) >= 11 is 0. The number of rotatable bonds is 6. The second kappa shape index (κ2) is 9.24. The van der Waals surface area contributed by atoms with Crippen LogP contribution in [-0.4, -0.2) is 31.6 Å². The summed E-state index contributed by atoms with van der Waals surface area (Å²) in [6.45, 7) is 3.78. The number of nitrogens with zero attached hydrogens (tertiary/aromatic N) is 4. The third-order valence-electron chi connectivity index (χ3n) is 5.36. The van der Waals surface area contributed by atoms with Crippen LogP contribution in [0.4, 0.5) is 18.9 Å². The van der Waals surface area contributed by atoms with E-state index >= 15 is 0 Å². The maximum absolute atomic E-state index is 13.0. The summed E-state index contributed by atoms with van der Waals surface area (Å²) in [5.41, 5.74) is 3.82. The number of anilines is 1. The molecule has 35 heavy (non-hydrogen) atoms. The van der Waals surface area contributed by atoms with Crippen LogP contribution in [0.15, 0.2) is 53.3 Å². The van der Waals surface area contributed by atoms with Crippen molar-refractivity contribution in [2.75, 3.05) is 5.32 Å². The Balaban J connectivity index is 1.50. The molecule has 8 nitrogen and oxygen atoms in total. The van der Waals surface area contributed by atoms with E-state index in [1.54, 1.807) is 18.7 Å². The number of hydrogen-bond donors (Lipinski definition) is 1. The van der Waals surface area contributed by atoms with Gasteiger partial charge in [-0.05, 0) is 50.2 Å². The molecular weight excluding hydrogens is 463 g/mol. The van der Waals surface area contributed by atoms with E-state index in [0.29, 0.717) is 22.5 Å². The van der Waals surface area contributed by atoms with Crippen LogP contribution < -0.4 is 15.6 Å². The maximum atomic E-state index is 13.0. The van der Waals surface area contributed by atoms with Crippen molar-refractivity contribution >= 4 is 22.8 Å². The second-order valence-electron chi connectivity index (χ2n) is 8.05. The Morgan fingerprint density at radius 2 is 1.71 bits per heavy atom. The first-order chi connectivity index (χ1) is 16.5. The van der Waals surface area contributed by atoms with Crippen molar-refractivity contribution in [3.05, 3.63) is 75.8 Å². The molecule has 182 valence electrons. The van der Waals surface area contributed by atoms with Crippen molar-refractivity contribution in [3.8, 4) is 11.4 Å². The number of hydrogen-bond acceptors (Lipinski definition) is 5. The predicted octanol–water partition coefficient (Wildman–Crippen LogP) is 4.21. The number of benzene rings is 2.